The van der Waals surface area contributed by atoms with Gasteiger partial charge in [0.25, 0.3) is 15.9 Å². The van der Waals surface area contributed by atoms with Crippen LogP contribution >= 0.6 is 0 Å². The molecule has 2 N–H and O–H groups in total. The number of sulfonamides is 1. The number of unbranched alkanes of at least 4 members (excludes halogenated alkanes) is 4. The number of rotatable bonds is 12. The summed E-state index contributed by atoms with van der Waals surface area (Å²) in [5, 5.41) is 3.81. The first-order valence-corrected chi connectivity index (χ1v) is 18.0. The van der Waals surface area contributed by atoms with Gasteiger partial charge in [0.15, 0.2) is 0 Å². The predicted octanol–water partition coefficient (Wildman–Crippen LogP) is 7.71. The van der Waals surface area contributed by atoms with Gasteiger partial charge in [-0.1, -0.05) is 56.2 Å². The minimum Gasteiger partial charge on any atom is -0.496 e. The molecule has 9 nitrogen and oxygen atoms in total. The van der Waals surface area contributed by atoms with Crippen molar-refractivity contribution in [3.63, 3.8) is 0 Å². The maximum Gasteiger partial charge on any atom is 0.411 e. The summed E-state index contributed by atoms with van der Waals surface area (Å²) in [4.78, 5) is 25.7. The summed E-state index contributed by atoms with van der Waals surface area (Å²) >= 11 is 0. The fourth-order valence-corrected chi connectivity index (χ4v) is 7.21. The molecule has 48 heavy (non-hydrogen) atoms. The number of hydrogen-bond acceptors (Lipinski definition) is 6. The van der Waals surface area contributed by atoms with Crippen molar-refractivity contribution < 1.29 is 27.5 Å². The van der Waals surface area contributed by atoms with Crippen LogP contribution in [-0.2, 0) is 28.2 Å². The van der Waals surface area contributed by atoms with E-state index in [-0.39, 0.29) is 16.6 Å². The van der Waals surface area contributed by atoms with Crippen LogP contribution in [0.4, 0.5) is 10.5 Å². The largest absolute Gasteiger partial charge is 0.496 e. The fraction of sp³-hybridized carbons (Fsp3) is 0.368. The molecule has 10 heteroatoms. The van der Waals surface area contributed by atoms with E-state index in [4.69, 9.17) is 9.47 Å². The molecule has 0 spiro atoms. The molecule has 4 aromatic rings. The van der Waals surface area contributed by atoms with E-state index < -0.39 is 22.0 Å². The third-order valence-electron chi connectivity index (χ3n) is 8.61. The van der Waals surface area contributed by atoms with E-state index in [1.165, 1.54) is 13.2 Å². The lowest BCUT2D eigenvalue weighted by atomic mass is 10.0. The Morgan fingerprint density at radius 3 is 2.54 bits per heavy atom. The molecule has 0 unspecified atom stereocenters. The highest BCUT2D eigenvalue weighted by molar-refractivity contribution is 7.90. The summed E-state index contributed by atoms with van der Waals surface area (Å²) < 4.78 is 42.1. The number of nitrogens with zero attached hydrogens (tertiary/aromatic N) is 1. The van der Waals surface area contributed by atoms with Crippen molar-refractivity contribution in [2.75, 3.05) is 12.4 Å². The van der Waals surface area contributed by atoms with E-state index in [1.54, 1.807) is 36.4 Å². The maximum absolute atomic E-state index is 13.3. The van der Waals surface area contributed by atoms with E-state index in [0.717, 1.165) is 73.4 Å². The number of benzene rings is 3. The van der Waals surface area contributed by atoms with Crippen LogP contribution in [0.2, 0.25) is 0 Å². The van der Waals surface area contributed by atoms with Gasteiger partial charge in [-0.2, -0.15) is 0 Å². The number of anilines is 1. The molecule has 0 radical (unpaired) electrons. The Balaban J connectivity index is 1.30. The van der Waals surface area contributed by atoms with Crippen LogP contribution in [0.5, 0.6) is 5.75 Å². The molecule has 1 heterocycles. The summed E-state index contributed by atoms with van der Waals surface area (Å²) in [6.45, 7) is 2.14. The molecule has 1 aromatic heterocycles. The topological polar surface area (TPSA) is 116 Å². The number of carbonyl (C=O) groups excluding carboxylic acids is 2. The van der Waals surface area contributed by atoms with Gasteiger partial charge in [-0.05, 0) is 85.7 Å². The van der Waals surface area contributed by atoms with Gasteiger partial charge in [0.05, 0.1) is 7.11 Å². The van der Waals surface area contributed by atoms with Crippen LogP contribution in [0, 0.1) is 11.8 Å². The van der Waals surface area contributed by atoms with E-state index >= 15 is 0 Å². The molecule has 0 saturated heterocycles. The maximum atomic E-state index is 13.3. The minimum atomic E-state index is -4.19. The summed E-state index contributed by atoms with van der Waals surface area (Å²) in [6, 6.07) is 17.0. The molecular weight excluding hydrogens is 627 g/mol. The van der Waals surface area contributed by atoms with Gasteiger partial charge in [0.1, 0.15) is 16.7 Å². The zero-order valence-electron chi connectivity index (χ0n) is 27.8. The van der Waals surface area contributed by atoms with Crippen molar-refractivity contribution in [2.24, 2.45) is 7.05 Å². The second-order valence-corrected chi connectivity index (χ2v) is 13.8. The number of nitrogens with one attached hydrogen (secondary N) is 2. The van der Waals surface area contributed by atoms with Crippen molar-refractivity contribution >= 4 is 38.6 Å². The summed E-state index contributed by atoms with van der Waals surface area (Å²) in [7, 11) is -0.730. The van der Waals surface area contributed by atoms with Gasteiger partial charge < -0.3 is 14.0 Å². The highest BCUT2D eigenvalue weighted by Crippen LogP contribution is 2.30. The normalized spacial score (nSPS) is 13.1. The van der Waals surface area contributed by atoms with Crippen molar-refractivity contribution in [3.8, 4) is 17.6 Å². The van der Waals surface area contributed by atoms with Gasteiger partial charge >= 0.3 is 6.09 Å². The molecule has 0 atom stereocenters. The van der Waals surface area contributed by atoms with Crippen molar-refractivity contribution in [3.05, 3.63) is 89.1 Å². The van der Waals surface area contributed by atoms with Crippen LogP contribution in [-0.4, -0.2) is 38.2 Å². The Labute approximate surface area is 283 Å². The van der Waals surface area contributed by atoms with E-state index in [0.29, 0.717) is 29.8 Å². The molecule has 0 bridgehead atoms. The number of aromatic nitrogens is 1. The molecule has 1 aliphatic rings. The summed E-state index contributed by atoms with van der Waals surface area (Å²) in [6.07, 6.45) is 11.0. The van der Waals surface area contributed by atoms with Gasteiger partial charge in [0, 0.05) is 53.8 Å². The molecule has 1 saturated carbocycles. The van der Waals surface area contributed by atoms with Crippen LogP contribution in [0.3, 0.4) is 0 Å². The van der Waals surface area contributed by atoms with Crippen LogP contribution in [0.15, 0.2) is 71.8 Å². The highest BCUT2D eigenvalue weighted by Gasteiger charge is 2.23. The van der Waals surface area contributed by atoms with E-state index in [9.17, 15) is 18.0 Å². The third kappa shape index (κ3) is 8.58. The van der Waals surface area contributed by atoms with Gasteiger partial charge in [0.2, 0.25) is 0 Å². The standard InChI is InChI=1S/C38H43N3O6S/c1-4-5-6-7-8-9-14-27-15-10-13-18-36(27)48(44,45)40-37(42)29-20-19-28(35(24-29)46-3)23-30-26-41(2)34-22-21-31(25-33(30)34)39-38(43)47-32-16-11-12-17-32/h10,13,15,18-22,24-26,32H,4-8,11-12,16-17,23H2,1-3H3,(H,39,43)(H,40,42). The molecule has 3 aromatic carbocycles. The molecule has 0 aliphatic heterocycles. The lowest BCUT2D eigenvalue weighted by Gasteiger charge is -2.13. The molecule has 1 fully saturated rings. The lowest BCUT2D eigenvalue weighted by Crippen LogP contribution is -2.31. The second-order valence-electron chi connectivity index (χ2n) is 12.2. The van der Waals surface area contributed by atoms with Crippen molar-refractivity contribution in [1.82, 2.24) is 9.29 Å². The average molecular weight is 670 g/mol. The molecule has 5 rings (SSSR count). The average Bonchev–Trinajstić information content (AvgIpc) is 3.69. The second kappa shape index (κ2) is 15.9. The monoisotopic (exact) mass is 669 g/mol. The van der Waals surface area contributed by atoms with Crippen molar-refractivity contribution in [2.45, 2.75) is 82.1 Å². The Bertz CT molecular complexity index is 1950. The Kier molecular flexibility index (Phi) is 11.5. The number of amides is 2. The number of ether oxygens (including phenoxy) is 2. The number of aryl methyl sites for hydroxylation is 1. The SMILES string of the molecule is CCCCCCC#Cc1ccccc1S(=O)(=O)NC(=O)c1ccc(Cc2cn(C)c3ccc(NC(=O)OC4CCCC4)cc23)c(OC)c1. The van der Waals surface area contributed by atoms with Crippen molar-refractivity contribution in [1.29, 1.82) is 0 Å². The van der Waals surface area contributed by atoms with Crippen LogP contribution in [0.1, 0.15) is 91.8 Å². The van der Waals surface area contributed by atoms with E-state index in [1.807, 2.05) is 36.0 Å². The third-order valence-corrected chi connectivity index (χ3v) is 10.00. The number of methoxy groups -OCH3 is 1. The lowest BCUT2D eigenvalue weighted by molar-refractivity contribution is 0.0980. The Morgan fingerprint density at radius 2 is 1.77 bits per heavy atom. The predicted molar refractivity (Wildman–Crippen MR) is 188 cm³/mol. The molecule has 1 aliphatic carbocycles. The van der Waals surface area contributed by atoms with Gasteiger partial charge in [-0.3, -0.25) is 10.1 Å². The zero-order valence-corrected chi connectivity index (χ0v) is 28.6. The number of carbonyl (C=O) groups is 2. The first kappa shape index (κ1) is 34.6. The Morgan fingerprint density at radius 1 is 0.979 bits per heavy atom. The minimum absolute atomic E-state index is 0.0290. The number of fused-ring (bicyclic) bond motifs is 1. The zero-order chi connectivity index (χ0) is 34.1. The first-order chi connectivity index (χ1) is 23.2. The van der Waals surface area contributed by atoms with E-state index in [2.05, 4.69) is 28.8 Å². The summed E-state index contributed by atoms with van der Waals surface area (Å²) in [5.41, 5.74) is 3.91. The van der Waals surface area contributed by atoms with Gasteiger partial charge in [-0.15, -0.1) is 0 Å². The van der Waals surface area contributed by atoms with Crippen LogP contribution in [0.25, 0.3) is 10.9 Å². The van der Waals surface area contributed by atoms with Crippen LogP contribution < -0.4 is 14.8 Å². The van der Waals surface area contributed by atoms with Gasteiger partial charge in [-0.25, -0.2) is 17.9 Å². The first-order valence-electron chi connectivity index (χ1n) is 16.6. The fourth-order valence-electron chi connectivity index (χ4n) is 6.07. The smallest absolute Gasteiger partial charge is 0.411 e. The summed E-state index contributed by atoms with van der Waals surface area (Å²) in [5.74, 6) is 5.71. The molecular formula is C38H43N3O6S. The molecule has 252 valence electrons. The quantitative estimate of drug-likeness (QED) is 0.118. The number of hydrogen-bond donors (Lipinski definition) is 2. The highest BCUT2D eigenvalue weighted by atomic mass is 32.2. The molecule has 2 amide bonds. The Hall–Kier alpha value is -4.75.